The summed E-state index contributed by atoms with van der Waals surface area (Å²) in [5.74, 6) is -0.157. The molecule has 8 nitrogen and oxygen atoms in total. The number of phosphoric acid groups is 1. The van der Waals surface area contributed by atoms with E-state index in [4.69, 9.17) is 14.8 Å². The van der Waals surface area contributed by atoms with E-state index in [2.05, 4.69) is 19.2 Å². The van der Waals surface area contributed by atoms with E-state index < -0.39 is 20.0 Å². The van der Waals surface area contributed by atoms with Gasteiger partial charge in [0.15, 0.2) is 0 Å². The lowest BCUT2D eigenvalue weighted by atomic mass is 10.0. The quantitative estimate of drug-likeness (QED) is 0.0355. The van der Waals surface area contributed by atoms with Crippen LogP contribution in [0.4, 0.5) is 0 Å². The SMILES string of the molecule is CCCCCCCCCCCCCCCCCCCCCCCCCCCCCCCC(=O)N[C@@H](COP(=O)(O)OCCN)[C@H](O)CCCCCCCCCCC. The van der Waals surface area contributed by atoms with E-state index in [0.717, 1.165) is 38.5 Å². The van der Waals surface area contributed by atoms with Gasteiger partial charge in [-0.25, -0.2) is 4.57 Å². The molecule has 9 heteroatoms. The van der Waals surface area contributed by atoms with E-state index in [1.807, 2.05) is 0 Å². The Hall–Kier alpha value is -0.500. The van der Waals surface area contributed by atoms with Gasteiger partial charge in [0.05, 0.1) is 25.4 Å². The fourth-order valence-corrected chi connectivity index (χ4v) is 8.66. The summed E-state index contributed by atoms with van der Waals surface area (Å²) >= 11 is 0. The van der Waals surface area contributed by atoms with Crippen molar-refractivity contribution in [3.05, 3.63) is 0 Å². The van der Waals surface area contributed by atoms with E-state index in [1.165, 1.54) is 205 Å². The van der Waals surface area contributed by atoms with Gasteiger partial charge in [0.1, 0.15) is 0 Å². The van der Waals surface area contributed by atoms with Crippen molar-refractivity contribution in [3.8, 4) is 0 Å². The maximum atomic E-state index is 12.8. The Morgan fingerprint density at radius 1 is 0.509 bits per heavy atom. The van der Waals surface area contributed by atoms with Gasteiger partial charge >= 0.3 is 7.82 Å². The molecule has 1 amide bonds. The number of carbonyl (C=O) groups excluding carboxylic acids is 1. The van der Waals surface area contributed by atoms with Crippen molar-refractivity contribution in [2.45, 2.75) is 283 Å². The number of carbonyl (C=O) groups is 1. The summed E-state index contributed by atoms with van der Waals surface area (Å²) in [7, 11) is -4.31. The Labute approximate surface area is 354 Å². The van der Waals surface area contributed by atoms with Crippen molar-refractivity contribution in [2.24, 2.45) is 5.73 Å². The minimum atomic E-state index is -4.31. The standard InChI is InChI=1S/C48H99N2O6P/c1-3-5-7-9-11-13-14-15-16-17-18-19-20-21-22-23-24-25-26-27-28-29-30-31-32-34-36-38-40-42-48(52)50-46(45-56-57(53,54)55-44-43-49)47(51)41-39-37-35-33-12-10-8-6-4-2/h46-47,51H,3-45,49H2,1-2H3,(H,50,52)(H,53,54)/t46-,47+/m0/s1. The van der Waals surface area contributed by atoms with Crippen LogP contribution in [-0.4, -0.2) is 47.8 Å². The predicted octanol–water partition coefficient (Wildman–Crippen LogP) is 14.6. The number of nitrogens with two attached hydrogens (primary N) is 1. The number of phosphoric ester groups is 1. The predicted molar refractivity (Wildman–Crippen MR) is 245 cm³/mol. The number of aliphatic hydroxyl groups is 1. The summed E-state index contributed by atoms with van der Waals surface area (Å²) in [5.41, 5.74) is 5.38. The fraction of sp³-hybridized carbons (Fsp3) is 0.979. The molecular formula is C48H99N2O6P. The number of hydrogen-bond acceptors (Lipinski definition) is 6. The minimum Gasteiger partial charge on any atom is -0.391 e. The van der Waals surface area contributed by atoms with Crippen LogP contribution in [0.5, 0.6) is 0 Å². The van der Waals surface area contributed by atoms with Crippen LogP contribution in [0.2, 0.25) is 0 Å². The normalized spacial score (nSPS) is 13.8. The molecule has 0 bridgehead atoms. The maximum absolute atomic E-state index is 12.8. The third kappa shape index (κ3) is 43.4. The highest BCUT2D eigenvalue weighted by atomic mass is 31.2. The number of unbranched alkanes of at least 4 members (excludes halogenated alkanes) is 36. The van der Waals surface area contributed by atoms with Gasteiger partial charge in [-0.05, 0) is 12.8 Å². The topological polar surface area (TPSA) is 131 Å². The number of nitrogens with one attached hydrogen (secondary N) is 1. The molecule has 0 rings (SSSR count). The van der Waals surface area contributed by atoms with Crippen LogP contribution in [-0.2, 0) is 18.4 Å². The summed E-state index contributed by atoms with van der Waals surface area (Å²) in [6.45, 7) is 4.22. The molecule has 0 radical (unpaired) electrons. The largest absolute Gasteiger partial charge is 0.472 e. The number of rotatable bonds is 48. The molecule has 1 unspecified atom stereocenters. The first kappa shape index (κ1) is 56.5. The molecule has 0 aromatic heterocycles. The second-order valence-electron chi connectivity index (χ2n) is 17.4. The monoisotopic (exact) mass is 831 g/mol. The summed E-state index contributed by atoms with van der Waals surface area (Å²) in [6.07, 6.45) is 50.2. The molecule has 0 spiro atoms. The molecular weight excluding hydrogens is 732 g/mol. The Morgan fingerprint density at radius 3 is 1.12 bits per heavy atom. The Balaban J connectivity index is 3.78. The first-order chi connectivity index (χ1) is 27.9. The average Bonchev–Trinajstić information content (AvgIpc) is 3.20. The first-order valence-electron chi connectivity index (χ1n) is 25.2. The fourth-order valence-electron chi connectivity index (χ4n) is 7.90. The van der Waals surface area contributed by atoms with Gasteiger partial charge in [-0.3, -0.25) is 13.8 Å². The third-order valence-corrected chi connectivity index (χ3v) is 12.7. The van der Waals surface area contributed by atoms with Gasteiger partial charge in [-0.1, -0.05) is 251 Å². The highest BCUT2D eigenvalue weighted by molar-refractivity contribution is 7.47. The lowest BCUT2D eigenvalue weighted by molar-refractivity contribution is -0.123. The van der Waals surface area contributed by atoms with Crippen molar-refractivity contribution >= 4 is 13.7 Å². The number of aliphatic hydroxyl groups excluding tert-OH is 1. The Kier molecular flexibility index (Phi) is 44.6. The van der Waals surface area contributed by atoms with Gasteiger partial charge in [-0.15, -0.1) is 0 Å². The van der Waals surface area contributed by atoms with Crippen LogP contribution >= 0.6 is 7.82 Å². The zero-order valence-corrected chi connectivity index (χ0v) is 39.0. The molecule has 0 aromatic carbocycles. The highest BCUT2D eigenvalue weighted by Crippen LogP contribution is 2.43. The molecule has 0 aliphatic carbocycles. The number of hydrogen-bond donors (Lipinski definition) is 4. The van der Waals surface area contributed by atoms with Crippen molar-refractivity contribution in [3.63, 3.8) is 0 Å². The van der Waals surface area contributed by atoms with Crippen LogP contribution in [0, 0.1) is 0 Å². The van der Waals surface area contributed by atoms with Crippen LogP contribution in [0.1, 0.15) is 271 Å². The van der Waals surface area contributed by atoms with E-state index >= 15 is 0 Å². The second-order valence-corrected chi connectivity index (χ2v) is 18.8. The lowest BCUT2D eigenvalue weighted by Crippen LogP contribution is -2.46. The van der Waals surface area contributed by atoms with Crippen molar-refractivity contribution < 1.29 is 28.4 Å². The second kappa shape index (κ2) is 45.0. The van der Waals surface area contributed by atoms with Crippen molar-refractivity contribution in [1.29, 1.82) is 0 Å². The van der Waals surface area contributed by atoms with Crippen LogP contribution < -0.4 is 11.1 Å². The molecule has 57 heavy (non-hydrogen) atoms. The zero-order valence-electron chi connectivity index (χ0n) is 38.1. The molecule has 3 atom stereocenters. The van der Waals surface area contributed by atoms with E-state index in [0.29, 0.717) is 12.8 Å². The van der Waals surface area contributed by atoms with Crippen LogP contribution in [0.25, 0.3) is 0 Å². The Morgan fingerprint density at radius 2 is 0.807 bits per heavy atom. The maximum Gasteiger partial charge on any atom is 0.472 e. The summed E-state index contributed by atoms with van der Waals surface area (Å²) in [4.78, 5) is 22.7. The van der Waals surface area contributed by atoms with Crippen molar-refractivity contribution in [1.82, 2.24) is 5.32 Å². The average molecular weight is 831 g/mol. The van der Waals surface area contributed by atoms with Gasteiger partial charge in [-0.2, -0.15) is 0 Å². The molecule has 342 valence electrons. The number of amides is 1. The minimum absolute atomic E-state index is 0.0923. The third-order valence-electron chi connectivity index (χ3n) is 11.7. The molecule has 0 aromatic rings. The van der Waals surface area contributed by atoms with Crippen molar-refractivity contribution in [2.75, 3.05) is 19.8 Å². The Bertz CT molecular complexity index is 865. The van der Waals surface area contributed by atoms with E-state index in [9.17, 15) is 19.4 Å². The summed E-state index contributed by atoms with van der Waals surface area (Å²) in [5, 5.41) is 13.8. The van der Waals surface area contributed by atoms with Crippen LogP contribution in [0.3, 0.4) is 0 Å². The zero-order chi connectivity index (χ0) is 41.8. The van der Waals surface area contributed by atoms with Gasteiger partial charge in [0, 0.05) is 13.0 Å². The molecule has 0 fully saturated rings. The molecule has 0 saturated carbocycles. The summed E-state index contributed by atoms with van der Waals surface area (Å²) in [6, 6.07) is -0.767. The van der Waals surface area contributed by atoms with E-state index in [-0.39, 0.29) is 25.7 Å². The molecule has 5 N–H and O–H groups in total. The van der Waals surface area contributed by atoms with Gasteiger partial charge in [0.2, 0.25) is 5.91 Å². The summed E-state index contributed by atoms with van der Waals surface area (Å²) < 4.78 is 22.2. The molecule has 0 heterocycles. The molecule has 0 aliphatic heterocycles. The smallest absolute Gasteiger partial charge is 0.391 e. The highest BCUT2D eigenvalue weighted by Gasteiger charge is 2.27. The first-order valence-corrected chi connectivity index (χ1v) is 26.6. The molecule has 0 aliphatic rings. The van der Waals surface area contributed by atoms with Crippen LogP contribution in [0.15, 0.2) is 0 Å². The van der Waals surface area contributed by atoms with E-state index in [1.54, 1.807) is 0 Å². The van der Waals surface area contributed by atoms with Gasteiger partial charge < -0.3 is 21.1 Å². The van der Waals surface area contributed by atoms with Gasteiger partial charge in [0.25, 0.3) is 0 Å². The molecule has 0 saturated heterocycles. The lowest BCUT2D eigenvalue weighted by Gasteiger charge is -2.25.